The van der Waals surface area contributed by atoms with Gasteiger partial charge in [0.05, 0.1) is 5.60 Å². The fraction of sp³-hybridized carbons (Fsp3) is 0.579. The zero-order chi connectivity index (χ0) is 18.1. The van der Waals surface area contributed by atoms with Gasteiger partial charge >= 0.3 is 11.9 Å². The molecule has 0 bridgehead atoms. The molecule has 0 saturated carbocycles. The number of rotatable bonds is 3. The van der Waals surface area contributed by atoms with E-state index in [2.05, 4.69) is 4.85 Å². The average molecular weight is 349 g/mol. The van der Waals surface area contributed by atoms with Crippen molar-refractivity contribution >= 4 is 17.5 Å². The number of hydrogen-bond acceptors (Lipinski definition) is 2. The van der Waals surface area contributed by atoms with E-state index in [1.165, 1.54) is 0 Å². The molecule has 0 radical (unpaired) electrons. The molecule has 1 amide bonds. The highest BCUT2D eigenvalue weighted by Crippen LogP contribution is 2.46. The summed E-state index contributed by atoms with van der Waals surface area (Å²) in [5.41, 5.74) is -0.743. The summed E-state index contributed by atoms with van der Waals surface area (Å²) in [6.07, 6.45) is 0.441. The summed E-state index contributed by atoms with van der Waals surface area (Å²) >= 11 is 5.95. The molecule has 2 atom stereocenters. The Hall–Kier alpha value is -1.57. The van der Waals surface area contributed by atoms with Crippen LogP contribution < -0.4 is 0 Å². The number of piperidine rings is 1. The van der Waals surface area contributed by atoms with E-state index in [4.69, 9.17) is 18.2 Å². The second-order valence-corrected chi connectivity index (χ2v) is 8.02. The molecule has 0 aromatic heterocycles. The summed E-state index contributed by atoms with van der Waals surface area (Å²) in [5.74, 6) is -0.151. The van der Waals surface area contributed by atoms with Crippen molar-refractivity contribution in [3.05, 3.63) is 46.3 Å². The van der Waals surface area contributed by atoms with Gasteiger partial charge in [0.1, 0.15) is 0 Å². The molecular weight excluding hydrogens is 324 g/mol. The number of carbonyl (C=O) groups is 1. The van der Waals surface area contributed by atoms with Crippen LogP contribution in [0.15, 0.2) is 24.3 Å². The molecule has 1 heterocycles. The van der Waals surface area contributed by atoms with Crippen LogP contribution >= 0.6 is 11.6 Å². The van der Waals surface area contributed by atoms with E-state index in [1.807, 2.05) is 39.8 Å². The standard InChI is InChI=1S/C19H25ClN2O2/c1-13(2)16(21-5)17(23)22-11-10-19(24,18(3,4)12-22)14-6-8-15(20)9-7-14/h6-9,13,16,24H,10-12H2,1-4H3/t16-,19+/m1/s1. The quantitative estimate of drug-likeness (QED) is 0.846. The van der Waals surface area contributed by atoms with E-state index in [-0.39, 0.29) is 11.8 Å². The van der Waals surface area contributed by atoms with Crippen LogP contribution in [0.25, 0.3) is 4.85 Å². The lowest BCUT2D eigenvalue weighted by Crippen LogP contribution is -2.58. The smallest absolute Gasteiger partial charge is 0.306 e. The van der Waals surface area contributed by atoms with Crippen molar-refractivity contribution in [1.82, 2.24) is 4.90 Å². The molecule has 1 fully saturated rings. The Labute approximate surface area is 149 Å². The predicted octanol–water partition coefficient (Wildman–Crippen LogP) is 3.73. The lowest BCUT2D eigenvalue weighted by atomic mass is 9.66. The van der Waals surface area contributed by atoms with E-state index in [9.17, 15) is 9.90 Å². The molecule has 2 rings (SSSR count). The van der Waals surface area contributed by atoms with Crippen LogP contribution in [0.5, 0.6) is 0 Å². The van der Waals surface area contributed by atoms with E-state index in [0.717, 1.165) is 5.56 Å². The molecule has 130 valence electrons. The molecule has 0 spiro atoms. The maximum Gasteiger partial charge on any atom is 0.306 e. The third kappa shape index (κ3) is 3.29. The number of halogens is 1. The molecule has 0 unspecified atom stereocenters. The van der Waals surface area contributed by atoms with Crippen LogP contribution in [0, 0.1) is 17.9 Å². The fourth-order valence-corrected chi connectivity index (χ4v) is 3.57. The Bertz CT molecular complexity index is 648. The highest BCUT2D eigenvalue weighted by atomic mass is 35.5. The Morgan fingerprint density at radius 2 is 1.92 bits per heavy atom. The summed E-state index contributed by atoms with van der Waals surface area (Å²) in [6.45, 7) is 15.9. The van der Waals surface area contributed by atoms with Crippen molar-refractivity contribution in [1.29, 1.82) is 0 Å². The number of amides is 1. The average Bonchev–Trinajstić information content (AvgIpc) is 2.50. The van der Waals surface area contributed by atoms with E-state index in [0.29, 0.717) is 24.5 Å². The highest BCUT2D eigenvalue weighted by molar-refractivity contribution is 6.30. The largest absolute Gasteiger partial charge is 0.384 e. The number of aliphatic hydroxyl groups is 1. The molecule has 5 heteroatoms. The number of hydrogen-bond donors (Lipinski definition) is 1. The monoisotopic (exact) mass is 348 g/mol. The van der Waals surface area contributed by atoms with Crippen LogP contribution in [0.3, 0.4) is 0 Å². The van der Waals surface area contributed by atoms with Crippen molar-refractivity contribution in [2.75, 3.05) is 13.1 Å². The maximum absolute atomic E-state index is 12.7. The zero-order valence-corrected chi connectivity index (χ0v) is 15.5. The van der Waals surface area contributed by atoms with Gasteiger partial charge in [-0.25, -0.2) is 6.57 Å². The molecule has 4 nitrogen and oxygen atoms in total. The van der Waals surface area contributed by atoms with Crippen molar-refractivity contribution in [2.45, 2.75) is 45.8 Å². The zero-order valence-electron chi connectivity index (χ0n) is 14.7. The van der Waals surface area contributed by atoms with Crippen LogP contribution in [0.2, 0.25) is 5.02 Å². The summed E-state index contributed by atoms with van der Waals surface area (Å²) < 4.78 is 0. The minimum atomic E-state index is -1.03. The number of carbonyl (C=O) groups excluding carboxylic acids is 1. The first-order valence-corrected chi connectivity index (χ1v) is 8.64. The predicted molar refractivity (Wildman–Crippen MR) is 95.6 cm³/mol. The molecule has 1 aliphatic heterocycles. The lowest BCUT2D eigenvalue weighted by molar-refractivity contribution is -0.154. The van der Waals surface area contributed by atoms with E-state index >= 15 is 0 Å². The van der Waals surface area contributed by atoms with Crippen molar-refractivity contribution in [3.63, 3.8) is 0 Å². The van der Waals surface area contributed by atoms with E-state index in [1.54, 1.807) is 17.0 Å². The first-order chi connectivity index (χ1) is 11.1. The van der Waals surface area contributed by atoms with Gasteiger partial charge in [0.2, 0.25) is 0 Å². The molecule has 1 aromatic rings. The molecule has 1 saturated heterocycles. The summed E-state index contributed by atoms with van der Waals surface area (Å²) in [4.78, 5) is 17.9. The molecule has 24 heavy (non-hydrogen) atoms. The number of benzene rings is 1. The van der Waals surface area contributed by atoms with Crippen molar-refractivity contribution in [3.8, 4) is 0 Å². The third-order valence-corrected chi connectivity index (χ3v) is 5.36. The molecule has 1 aliphatic rings. The van der Waals surface area contributed by atoms with Gasteiger partial charge < -0.3 is 14.9 Å². The van der Waals surface area contributed by atoms with Crippen LogP contribution in [0.1, 0.15) is 39.7 Å². The van der Waals surface area contributed by atoms with Gasteiger partial charge in [0.25, 0.3) is 0 Å². The number of nitrogens with zero attached hydrogens (tertiary/aromatic N) is 2. The van der Waals surface area contributed by atoms with Crippen molar-refractivity contribution in [2.24, 2.45) is 11.3 Å². The first-order valence-electron chi connectivity index (χ1n) is 8.26. The Morgan fingerprint density at radius 1 is 1.33 bits per heavy atom. The second kappa shape index (κ2) is 6.74. The lowest BCUT2D eigenvalue weighted by Gasteiger charge is -2.50. The normalized spacial score (nSPS) is 24.5. The van der Waals surface area contributed by atoms with Crippen LogP contribution in [-0.2, 0) is 10.4 Å². The summed E-state index contributed by atoms with van der Waals surface area (Å²) in [7, 11) is 0. The third-order valence-electron chi connectivity index (χ3n) is 5.11. The Kier molecular flexibility index (Phi) is 5.27. The number of likely N-dealkylation sites (tertiary alicyclic amines) is 1. The summed E-state index contributed by atoms with van der Waals surface area (Å²) in [6, 6.07) is 6.59. The van der Waals surface area contributed by atoms with Crippen LogP contribution in [0.4, 0.5) is 0 Å². The fourth-order valence-electron chi connectivity index (χ4n) is 3.45. The second-order valence-electron chi connectivity index (χ2n) is 7.58. The Morgan fingerprint density at radius 3 is 2.38 bits per heavy atom. The Balaban J connectivity index is 2.25. The molecular formula is C19H25ClN2O2. The SMILES string of the molecule is [C-]#[N+][C@@H](C(=O)N1CC[C@](O)(c2ccc(Cl)cc2)C(C)(C)C1)C(C)C. The summed E-state index contributed by atoms with van der Waals surface area (Å²) in [5, 5.41) is 12.0. The minimum Gasteiger partial charge on any atom is -0.384 e. The van der Waals surface area contributed by atoms with Gasteiger partial charge in [-0.3, -0.25) is 4.79 Å². The highest BCUT2D eigenvalue weighted by Gasteiger charge is 2.50. The van der Waals surface area contributed by atoms with Gasteiger partial charge in [-0.2, -0.15) is 0 Å². The van der Waals surface area contributed by atoms with E-state index < -0.39 is 17.1 Å². The topological polar surface area (TPSA) is 44.9 Å². The van der Waals surface area contributed by atoms with Crippen LogP contribution in [-0.4, -0.2) is 35.0 Å². The van der Waals surface area contributed by atoms with Gasteiger partial charge in [0.15, 0.2) is 0 Å². The van der Waals surface area contributed by atoms with Gasteiger partial charge in [0, 0.05) is 29.4 Å². The maximum atomic E-state index is 12.7. The first kappa shape index (κ1) is 18.8. The molecule has 1 N–H and O–H groups in total. The van der Waals surface area contributed by atoms with Crippen molar-refractivity contribution < 1.29 is 9.90 Å². The van der Waals surface area contributed by atoms with Gasteiger partial charge in [-0.15, -0.1) is 0 Å². The minimum absolute atomic E-state index is 0.0183. The molecule has 0 aliphatic carbocycles. The molecule has 1 aromatic carbocycles. The van der Waals surface area contributed by atoms with Gasteiger partial charge in [-0.05, 0) is 24.1 Å². The van der Waals surface area contributed by atoms with Gasteiger partial charge in [-0.1, -0.05) is 51.4 Å².